The second-order valence-electron chi connectivity index (χ2n) is 9.21. The van der Waals surface area contributed by atoms with Crippen molar-refractivity contribution >= 4 is 33.0 Å². The topological polar surface area (TPSA) is 43.9 Å². The first kappa shape index (κ1) is 19.5. The smallest absolute Gasteiger partial charge is 0.149 e. The van der Waals surface area contributed by atoms with E-state index in [4.69, 9.17) is 15.8 Å². The Morgan fingerprint density at radius 3 is 2.41 bits per heavy atom. The first-order chi connectivity index (χ1) is 16.7. The molecule has 0 aliphatic rings. The lowest BCUT2D eigenvalue weighted by Crippen LogP contribution is -2.00. The third-order valence-electron chi connectivity index (χ3n) is 6.78. The van der Waals surface area contributed by atoms with Crippen LogP contribution in [-0.2, 0) is 0 Å². The van der Waals surface area contributed by atoms with Gasteiger partial charge in [-0.3, -0.25) is 9.55 Å². The van der Waals surface area contributed by atoms with Gasteiger partial charge in [-0.1, -0.05) is 56.3 Å². The van der Waals surface area contributed by atoms with Crippen LogP contribution >= 0.6 is 0 Å². The van der Waals surface area contributed by atoms with Crippen LogP contribution in [-0.4, -0.2) is 14.5 Å². The number of hydrogen-bond acceptors (Lipinski definition) is 3. The molecule has 0 saturated heterocycles. The number of benzene rings is 3. The Hall–Kier alpha value is -3.92. The highest BCUT2D eigenvalue weighted by molar-refractivity contribution is 6.09. The molecular weight excluding hydrogens is 418 g/mol. The lowest BCUT2D eigenvalue weighted by molar-refractivity contribution is 0.667. The molecule has 0 bridgehead atoms. The molecule has 34 heavy (non-hydrogen) atoms. The van der Waals surface area contributed by atoms with Crippen molar-refractivity contribution in [2.45, 2.75) is 40.5 Å². The minimum absolute atomic E-state index is 0.697. The SMILES string of the molecule is [2H]C(C)(C)c1ccc2c(c1)oc1c(-c3nc4c(C)c(C)nc(C)c4n3-c3ccccc3)cccc12. The van der Waals surface area contributed by atoms with Gasteiger partial charge in [-0.15, -0.1) is 0 Å². The highest BCUT2D eigenvalue weighted by atomic mass is 16.3. The highest BCUT2D eigenvalue weighted by Crippen LogP contribution is 2.39. The number of imidazole rings is 1. The van der Waals surface area contributed by atoms with Crippen molar-refractivity contribution in [1.29, 1.82) is 0 Å². The lowest BCUT2D eigenvalue weighted by Gasteiger charge is -2.11. The molecule has 0 saturated carbocycles. The predicted molar refractivity (Wildman–Crippen MR) is 140 cm³/mol. The standard InChI is InChI=1S/C30H27N3O/c1-17(2)21-14-15-23-24-12-9-13-25(29(24)34-26(23)16-21)30-32-27-18(3)19(4)31-20(5)28(27)33(30)22-10-7-6-8-11-22/h6-17H,1-5H3/i17D. The van der Waals surface area contributed by atoms with E-state index in [-0.39, 0.29) is 0 Å². The van der Waals surface area contributed by atoms with Crippen molar-refractivity contribution in [3.63, 3.8) is 0 Å². The molecule has 0 spiro atoms. The monoisotopic (exact) mass is 446 g/mol. The molecule has 0 aliphatic carbocycles. The number of pyridine rings is 1. The highest BCUT2D eigenvalue weighted by Gasteiger charge is 2.22. The summed E-state index contributed by atoms with van der Waals surface area (Å²) < 4.78 is 17.1. The molecular formula is C30H27N3O. The average molecular weight is 447 g/mol. The molecule has 168 valence electrons. The molecule has 4 heteroatoms. The minimum atomic E-state index is -0.697. The maximum Gasteiger partial charge on any atom is 0.149 e. The van der Waals surface area contributed by atoms with Gasteiger partial charge in [-0.25, -0.2) is 4.98 Å². The van der Waals surface area contributed by atoms with Gasteiger partial charge in [0.15, 0.2) is 0 Å². The fourth-order valence-corrected chi connectivity index (χ4v) is 4.87. The predicted octanol–water partition coefficient (Wildman–Crippen LogP) is 8.04. The molecule has 0 fully saturated rings. The van der Waals surface area contributed by atoms with Crippen LogP contribution in [0.4, 0.5) is 0 Å². The molecule has 0 aliphatic heterocycles. The van der Waals surface area contributed by atoms with E-state index >= 15 is 0 Å². The lowest BCUT2D eigenvalue weighted by atomic mass is 10.0. The largest absolute Gasteiger partial charge is 0.455 e. The summed E-state index contributed by atoms with van der Waals surface area (Å²) in [6, 6.07) is 22.6. The Bertz CT molecular complexity index is 1750. The molecule has 6 rings (SSSR count). The van der Waals surface area contributed by atoms with Gasteiger partial charge >= 0.3 is 0 Å². The molecule has 0 radical (unpaired) electrons. The van der Waals surface area contributed by atoms with E-state index in [2.05, 4.69) is 47.9 Å². The molecule has 0 atom stereocenters. The second-order valence-corrected chi connectivity index (χ2v) is 9.21. The second kappa shape index (κ2) is 7.56. The molecule has 3 heterocycles. The summed E-state index contributed by atoms with van der Waals surface area (Å²) in [4.78, 5) is 10.0. The van der Waals surface area contributed by atoms with E-state index in [0.29, 0.717) is 0 Å². The number of nitrogens with zero attached hydrogens (tertiary/aromatic N) is 3. The van der Waals surface area contributed by atoms with Gasteiger partial charge < -0.3 is 4.42 Å². The number of hydrogen-bond donors (Lipinski definition) is 0. The summed E-state index contributed by atoms with van der Waals surface area (Å²) in [6.45, 7) is 9.96. The average Bonchev–Trinajstić information content (AvgIpc) is 3.41. The van der Waals surface area contributed by atoms with Gasteiger partial charge in [0.1, 0.15) is 17.0 Å². The number of rotatable bonds is 3. The van der Waals surface area contributed by atoms with Crippen LogP contribution in [0.3, 0.4) is 0 Å². The fourth-order valence-electron chi connectivity index (χ4n) is 4.87. The Morgan fingerprint density at radius 2 is 1.65 bits per heavy atom. The van der Waals surface area contributed by atoms with Crippen LogP contribution < -0.4 is 0 Å². The molecule has 0 amide bonds. The first-order valence-electron chi connectivity index (χ1n) is 12.1. The number of para-hydroxylation sites is 2. The van der Waals surface area contributed by atoms with E-state index < -0.39 is 5.89 Å². The van der Waals surface area contributed by atoms with E-state index in [9.17, 15) is 0 Å². The van der Waals surface area contributed by atoms with Crippen molar-refractivity contribution < 1.29 is 5.79 Å². The molecule has 3 aromatic carbocycles. The maximum atomic E-state index is 8.44. The fraction of sp³-hybridized carbons (Fsp3) is 0.200. The summed E-state index contributed by atoms with van der Waals surface area (Å²) in [5, 5.41) is 2.09. The van der Waals surface area contributed by atoms with Crippen LogP contribution in [0.15, 0.2) is 71.1 Å². The van der Waals surface area contributed by atoms with Gasteiger partial charge in [-0.05, 0) is 62.1 Å². The molecule has 3 aromatic heterocycles. The summed E-state index contributed by atoms with van der Waals surface area (Å²) in [5.41, 5.74) is 9.48. The van der Waals surface area contributed by atoms with Gasteiger partial charge in [0.25, 0.3) is 0 Å². The number of aryl methyl sites for hydroxylation is 3. The number of furan rings is 1. The van der Waals surface area contributed by atoms with Gasteiger partial charge in [0, 0.05) is 23.5 Å². The summed E-state index contributed by atoms with van der Waals surface area (Å²) >= 11 is 0. The van der Waals surface area contributed by atoms with Crippen LogP contribution in [0.25, 0.3) is 50.0 Å². The summed E-state index contributed by atoms with van der Waals surface area (Å²) in [7, 11) is 0. The summed E-state index contributed by atoms with van der Waals surface area (Å²) in [6.07, 6.45) is 0. The van der Waals surface area contributed by atoms with E-state index in [1.807, 2.05) is 58.0 Å². The van der Waals surface area contributed by atoms with Crippen LogP contribution in [0.5, 0.6) is 0 Å². The van der Waals surface area contributed by atoms with Crippen LogP contribution in [0.1, 0.15) is 43.6 Å². The van der Waals surface area contributed by atoms with E-state index in [0.717, 1.165) is 72.6 Å². The minimum Gasteiger partial charge on any atom is -0.455 e. The maximum absolute atomic E-state index is 8.44. The number of aromatic nitrogens is 3. The van der Waals surface area contributed by atoms with Crippen molar-refractivity contribution in [3.05, 3.63) is 89.2 Å². The van der Waals surface area contributed by atoms with E-state index in [1.165, 1.54) is 0 Å². The van der Waals surface area contributed by atoms with Crippen molar-refractivity contribution in [2.75, 3.05) is 0 Å². The van der Waals surface area contributed by atoms with Gasteiger partial charge in [0.05, 0.1) is 22.3 Å². The van der Waals surface area contributed by atoms with Crippen molar-refractivity contribution in [3.8, 4) is 17.1 Å². The Kier molecular flexibility index (Phi) is 4.34. The Balaban J connectivity index is 1.72. The molecule has 0 unspecified atom stereocenters. The van der Waals surface area contributed by atoms with Crippen molar-refractivity contribution in [1.82, 2.24) is 14.5 Å². The zero-order valence-corrected chi connectivity index (χ0v) is 20.1. The molecule has 6 aromatic rings. The van der Waals surface area contributed by atoms with Gasteiger partial charge in [0.2, 0.25) is 0 Å². The first-order valence-corrected chi connectivity index (χ1v) is 11.6. The number of fused-ring (bicyclic) bond motifs is 4. The normalized spacial score (nSPS) is 12.7. The Labute approximate surface area is 200 Å². The zero-order valence-electron chi connectivity index (χ0n) is 21.1. The van der Waals surface area contributed by atoms with Crippen molar-refractivity contribution in [2.24, 2.45) is 0 Å². The quantitative estimate of drug-likeness (QED) is 0.276. The Morgan fingerprint density at radius 1 is 0.853 bits per heavy atom. The zero-order chi connectivity index (χ0) is 24.5. The third-order valence-corrected chi connectivity index (χ3v) is 6.78. The summed E-state index contributed by atoms with van der Waals surface area (Å²) in [5.74, 6) is 0.132. The van der Waals surface area contributed by atoms with Crippen LogP contribution in [0, 0.1) is 20.8 Å². The van der Waals surface area contributed by atoms with E-state index in [1.54, 1.807) is 0 Å². The van der Waals surface area contributed by atoms with Crippen LogP contribution in [0.2, 0.25) is 0 Å². The van der Waals surface area contributed by atoms with Gasteiger partial charge in [-0.2, -0.15) is 0 Å². The molecule has 0 N–H and O–H groups in total. The third kappa shape index (κ3) is 2.98. The molecule has 4 nitrogen and oxygen atoms in total.